The first kappa shape index (κ1) is 25.0. The fraction of sp³-hybridized carbons (Fsp3) is 0.192. The Labute approximate surface area is 206 Å². The molecule has 7 nitrogen and oxygen atoms in total. The van der Waals surface area contributed by atoms with Gasteiger partial charge in [0, 0.05) is 4.47 Å². The van der Waals surface area contributed by atoms with E-state index in [0.717, 1.165) is 15.6 Å². The first-order chi connectivity index (χ1) is 16.4. The van der Waals surface area contributed by atoms with Crippen molar-refractivity contribution in [1.29, 1.82) is 0 Å². The van der Waals surface area contributed by atoms with E-state index in [1.807, 2.05) is 39.0 Å². The number of aryl methyl sites for hydroxylation is 2. The van der Waals surface area contributed by atoms with Crippen LogP contribution in [0.3, 0.4) is 0 Å². The number of benzene rings is 3. The normalized spacial score (nSPS) is 10.7. The maximum Gasteiger partial charge on any atom is 0.343 e. The maximum atomic E-state index is 12.4. The lowest BCUT2D eigenvalue weighted by atomic mass is 10.1. The molecule has 176 valence electrons. The van der Waals surface area contributed by atoms with Gasteiger partial charge in [-0.2, -0.15) is 5.10 Å². The van der Waals surface area contributed by atoms with E-state index in [0.29, 0.717) is 29.2 Å². The van der Waals surface area contributed by atoms with Crippen LogP contribution in [0, 0.1) is 13.8 Å². The van der Waals surface area contributed by atoms with Gasteiger partial charge in [0.1, 0.15) is 5.75 Å². The second-order valence-corrected chi connectivity index (χ2v) is 8.30. The lowest BCUT2D eigenvalue weighted by Gasteiger charge is -2.11. The van der Waals surface area contributed by atoms with E-state index < -0.39 is 5.97 Å². The summed E-state index contributed by atoms with van der Waals surface area (Å²) in [6, 6.07) is 17.6. The Morgan fingerprint density at radius 1 is 0.941 bits per heavy atom. The minimum absolute atomic E-state index is 0.156. The molecule has 0 fully saturated rings. The van der Waals surface area contributed by atoms with E-state index >= 15 is 0 Å². The average Bonchev–Trinajstić information content (AvgIpc) is 2.80. The van der Waals surface area contributed by atoms with Crippen molar-refractivity contribution in [2.45, 2.75) is 20.8 Å². The molecule has 0 aliphatic carbocycles. The summed E-state index contributed by atoms with van der Waals surface area (Å²) in [6.45, 7) is 5.98. The standard InChI is InChI=1S/C26H25BrN2O5/c1-4-32-24-14-19(6-12-23(24)34-26(31)20-7-9-21(27)10-8-20)15-28-29-25(30)16-33-22-11-5-17(2)13-18(22)3/h5-15H,4,16H2,1-3H3,(H,29,30)/b28-15-. The van der Waals surface area contributed by atoms with Gasteiger partial charge in [0.2, 0.25) is 0 Å². The molecular formula is C26H25BrN2O5. The molecule has 8 heteroatoms. The topological polar surface area (TPSA) is 86.2 Å². The summed E-state index contributed by atoms with van der Waals surface area (Å²) >= 11 is 3.34. The van der Waals surface area contributed by atoms with E-state index in [1.54, 1.807) is 42.5 Å². The number of esters is 1. The van der Waals surface area contributed by atoms with E-state index in [4.69, 9.17) is 14.2 Å². The minimum atomic E-state index is -0.494. The lowest BCUT2D eigenvalue weighted by molar-refractivity contribution is -0.123. The van der Waals surface area contributed by atoms with Crippen LogP contribution in [0.4, 0.5) is 0 Å². The van der Waals surface area contributed by atoms with Crippen LogP contribution in [0.25, 0.3) is 0 Å². The molecule has 0 heterocycles. The lowest BCUT2D eigenvalue weighted by Crippen LogP contribution is -2.24. The van der Waals surface area contributed by atoms with Gasteiger partial charge < -0.3 is 14.2 Å². The van der Waals surface area contributed by atoms with Gasteiger partial charge >= 0.3 is 5.97 Å². The van der Waals surface area contributed by atoms with Gasteiger partial charge in [-0.05, 0) is 80.4 Å². The number of carbonyl (C=O) groups is 2. The Morgan fingerprint density at radius 3 is 2.38 bits per heavy atom. The van der Waals surface area contributed by atoms with Crippen LogP contribution in [-0.2, 0) is 4.79 Å². The third-order valence-electron chi connectivity index (χ3n) is 4.64. The summed E-state index contributed by atoms with van der Waals surface area (Å²) in [5.41, 5.74) is 5.59. The number of carbonyl (C=O) groups excluding carboxylic acids is 2. The highest BCUT2D eigenvalue weighted by molar-refractivity contribution is 9.10. The monoisotopic (exact) mass is 524 g/mol. The van der Waals surface area contributed by atoms with Crippen LogP contribution >= 0.6 is 15.9 Å². The summed E-state index contributed by atoms with van der Waals surface area (Å²) in [7, 11) is 0. The van der Waals surface area contributed by atoms with Gasteiger partial charge in [-0.15, -0.1) is 0 Å². The van der Waals surface area contributed by atoms with Crippen molar-refractivity contribution in [2.24, 2.45) is 5.10 Å². The molecular weight excluding hydrogens is 500 g/mol. The Balaban J connectivity index is 1.59. The van der Waals surface area contributed by atoms with Crippen LogP contribution in [0.5, 0.6) is 17.2 Å². The Kier molecular flexibility index (Phi) is 8.81. The van der Waals surface area contributed by atoms with Gasteiger partial charge in [0.25, 0.3) is 5.91 Å². The third-order valence-corrected chi connectivity index (χ3v) is 5.17. The molecule has 1 N–H and O–H groups in total. The van der Waals surface area contributed by atoms with Crippen molar-refractivity contribution in [2.75, 3.05) is 13.2 Å². The maximum absolute atomic E-state index is 12.4. The molecule has 3 rings (SSSR count). The zero-order chi connectivity index (χ0) is 24.5. The summed E-state index contributed by atoms with van der Waals surface area (Å²) in [5.74, 6) is 0.450. The quantitative estimate of drug-likeness (QED) is 0.179. The van der Waals surface area contributed by atoms with Gasteiger partial charge in [0.05, 0.1) is 18.4 Å². The molecule has 0 atom stereocenters. The van der Waals surface area contributed by atoms with E-state index in [9.17, 15) is 9.59 Å². The predicted molar refractivity (Wildman–Crippen MR) is 134 cm³/mol. The SMILES string of the molecule is CCOc1cc(/C=N\NC(=O)COc2ccc(C)cc2C)ccc1OC(=O)c1ccc(Br)cc1. The molecule has 3 aromatic carbocycles. The molecule has 0 bridgehead atoms. The van der Waals surface area contributed by atoms with Crippen LogP contribution in [0.1, 0.15) is 34.0 Å². The first-order valence-electron chi connectivity index (χ1n) is 10.6. The molecule has 0 aliphatic rings. The number of nitrogens with one attached hydrogen (secondary N) is 1. The molecule has 0 saturated heterocycles. The smallest absolute Gasteiger partial charge is 0.343 e. The minimum Gasteiger partial charge on any atom is -0.490 e. The van der Waals surface area contributed by atoms with Gasteiger partial charge in [0.15, 0.2) is 18.1 Å². The number of hydrogen-bond acceptors (Lipinski definition) is 6. The highest BCUT2D eigenvalue weighted by Crippen LogP contribution is 2.29. The number of hydrazone groups is 1. The molecule has 0 unspecified atom stereocenters. The van der Waals surface area contributed by atoms with Crippen LogP contribution in [0.15, 0.2) is 70.2 Å². The second kappa shape index (κ2) is 12.0. The van der Waals surface area contributed by atoms with Crippen molar-refractivity contribution < 1.29 is 23.8 Å². The van der Waals surface area contributed by atoms with E-state index in [1.165, 1.54) is 6.21 Å². The zero-order valence-corrected chi connectivity index (χ0v) is 20.7. The van der Waals surface area contributed by atoms with Gasteiger partial charge in [-0.25, -0.2) is 10.2 Å². The molecule has 0 radical (unpaired) electrons. The molecule has 0 aliphatic heterocycles. The summed E-state index contributed by atoms with van der Waals surface area (Å²) < 4.78 is 17.5. The summed E-state index contributed by atoms with van der Waals surface area (Å²) in [5, 5.41) is 3.97. The van der Waals surface area contributed by atoms with Crippen LogP contribution in [0.2, 0.25) is 0 Å². The molecule has 0 saturated carbocycles. The average molecular weight is 525 g/mol. The van der Waals surface area contributed by atoms with Crippen molar-refractivity contribution in [3.63, 3.8) is 0 Å². The van der Waals surface area contributed by atoms with Crippen molar-refractivity contribution in [1.82, 2.24) is 5.43 Å². The summed E-state index contributed by atoms with van der Waals surface area (Å²) in [4.78, 5) is 24.5. The van der Waals surface area contributed by atoms with E-state index in [-0.39, 0.29) is 18.3 Å². The van der Waals surface area contributed by atoms with Crippen molar-refractivity contribution in [3.8, 4) is 17.2 Å². The predicted octanol–water partition coefficient (Wildman–Crippen LogP) is 5.21. The van der Waals surface area contributed by atoms with Gasteiger partial charge in [-0.3, -0.25) is 4.79 Å². The van der Waals surface area contributed by atoms with Crippen LogP contribution < -0.4 is 19.6 Å². The number of halogens is 1. The number of rotatable bonds is 9. The molecule has 34 heavy (non-hydrogen) atoms. The van der Waals surface area contributed by atoms with Gasteiger partial charge in [-0.1, -0.05) is 33.6 Å². The number of ether oxygens (including phenoxy) is 3. The Morgan fingerprint density at radius 2 is 1.68 bits per heavy atom. The second-order valence-electron chi connectivity index (χ2n) is 7.39. The fourth-order valence-corrected chi connectivity index (χ4v) is 3.28. The number of nitrogens with zero attached hydrogens (tertiary/aromatic N) is 1. The first-order valence-corrected chi connectivity index (χ1v) is 11.4. The summed E-state index contributed by atoms with van der Waals surface area (Å²) in [6.07, 6.45) is 1.47. The number of hydrogen-bond donors (Lipinski definition) is 1. The molecule has 0 aromatic heterocycles. The van der Waals surface area contributed by atoms with Crippen LogP contribution in [-0.4, -0.2) is 31.3 Å². The Hall–Kier alpha value is -3.65. The largest absolute Gasteiger partial charge is 0.490 e. The number of amides is 1. The van der Waals surface area contributed by atoms with Crippen molar-refractivity contribution in [3.05, 3.63) is 87.4 Å². The molecule has 3 aromatic rings. The molecule has 0 spiro atoms. The highest BCUT2D eigenvalue weighted by Gasteiger charge is 2.13. The Bertz CT molecular complexity index is 1190. The molecule has 1 amide bonds. The van der Waals surface area contributed by atoms with E-state index in [2.05, 4.69) is 26.5 Å². The third kappa shape index (κ3) is 7.18. The van der Waals surface area contributed by atoms with Crippen molar-refractivity contribution >= 4 is 34.0 Å². The zero-order valence-electron chi connectivity index (χ0n) is 19.1. The highest BCUT2D eigenvalue weighted by atomic mass is 79.9. The fourth-order valence-electron chi connectivity index (χ4n) is 3.02.